The van der Waals surface area contributed by atoms with E-state index in [9.17, 15) is 47.9 Å². The Kier molecular flexibility index (Phi) is 7.46. The van der Waals surface area contributed by atoms with Crippen molar-refractivity contribution in [3.8, 4) is 11.1 Å². The van der Waals surface area contributed by atoms with Gasteiger partial charge in [-0.05, 0) is 34.7 Å². The molecule has 0 fully saturated rings. The molecule has 1 aliphatic carbocycles. The van der Waals surface area contributed by atoms with Crippen LogP contribution in [0.5, 0.6) is 0 Å². The highest BCUT2D eigenvalue weighted by Crippen LogP contribution is 2.42. The third kappa shape index (κ3) is 5.98. The largest absolute Gasteiger partial charge is 0.501 e. The van der Waals surface area contributed by atoms with Gasteiger partial charge in [-0.25, -0.2) is 8.42 Å². The highest BCUT2D eigenvalue weighted by Gasteiger charge is 2.48. The second-order valence-electron chi connectivity index (χ2n) is 6.92. The lowest BCUT2D eigenvalue weighted by Gasteiger charge is -2.19. The maximum absolute atomic E-state index is 12.7. The second kappa shape index (κ2) is 9.14. The first-order chi connectivity index (χ1) is 14.9. The highest BCUT2D eigenvalue weighted by molar-refractivity contribution is 7.92. The van der Waals surface area contributed by atoms with Crippen LogP contribution in [0.2, 0.25) is 0 Å². The lowest BCUT2D eigenvalue weighted by Crippen LogP contribution is -2.38. The minimum absolute atomic E-state index is 0.205. The summed E-state index contributed by atoms with van der Waals surface area (Å²) in [6.07, 6.45) is -18.2. The van der Waals surface area contributed by atoms with Gasteiger partial charge in [-0.1, -0.05) is 36.4 Å². The van der Waals surface area contributed by atoms with Crippen LogP contribution >= 0.6 is 0 Å². The van der Waals surface area contributed by atoms with Gasteiger partial charge in [-0.2, -0.15) is 39.5 Å². The number of benzene rings is 2. The number of hydrogen-bond donors (Lipinski definition) is 2. The molecule has 0 saturated carbocycles. The van der Waals surface area contributed by atoms with Gasteiger partial charge in [0.15, 0.2) is 12.2 Å². The van der Waals surface area contributed by atoms with E-state index in [1.54, 1.807) is 30.3 Å². The Labute approximate surface area is 181 Å². The second-order valence-corrected chi connectivity index (χ2v) is 8.83. The highest BCUT2D eigenvalue weighted by atomic mass is 32.2. The Bertz CT molecular complexity index is 1070. The molecule has 0 heterocycles. The quantitative estimate of drug-likeness (QED) is 0.498. The van der Waals surface area contributed by atoms with E-state index >= 15 is 0 Å². The molecule has 0 saturated heterocycles. The minimum atomic E-state index is -5.32. The van der Waals surface area contributed by atoms with E-state index in [1.807, 2.05) is 0 Å². The molecule has 0 amide bonds. The molecule has 2 unspecified atom stereocenters. The SMILES string of the molecule is O=S(=O)(c1cccc2c1Cc1ccccc1-2)C(F)(F)F.OC(CC(O)C(F)(F)F)C(F)(F)F. The zero-order valence-corrected chi connectivity index (χ0v) is 16.9. The van der Waals surface area contributed by atoms with Crippen molar-refractivity contribution in [3.05, 3.63) is 53.6 Å². The maximum Gasteiger partial charge on any atom is 0.501 e. The predicted molar refractivity (Wildman–Crippen MR) is 96.7 cm³/mol. The molecule has 2 aromatic rings. The zero-order valence-electron chi connectivity index (χ0n) is 16.1. The summed E-state index contributed by atoms with van der Waals surface area (Å²) in [6.45, 7) is 0. The van der Waals surface area contributed by atoms with E-state index in [4.69, 9.17) is 10.2 Å². The molecule has 0 aliphatic heterocycles. The van der Waals surface area contributed by atoms with E-state index < -0.39 is 51.2 Å². The van der Waals surface area contributed by atoms with Gasteiger partial charge in [-0.3, -0.25) is 0 Å². The average molecular weight is 510 g/mol. The Morgan fingerprint density at radius 2 is 1.24 bits per heavy atom. The number of rotatable bonds is 3. The van der Waals surface area contributed by atoms with Crippen molar-refractivity contribution in [2.45, 2.75) is 47.8 Å². The number of sulfone groups is 1. The van der Waals surface area contributed by atoms with Gasteiger partial charge >= 0.3 is 17.9 Å². The lowest BCUT2D eigenvalue weighted by atomic mass is 10.1. The first kappa shape index (κ1) is 26.9. The molecule has 0 bridgehead atoms. The van der Waals surface area contributed by atoms with E-state index in [-0.39, 0.29) is 12.0 Å². The van der Waals surface area contributed by atoms with Crippen LogP contribution in [0.3, 0.4) is 0 Å². The summed E-state index contributed by atoms with van der Waals surface area (Å²) in [6, 6.07) is 11.1. The molecule has 2 atom stereocenters. The van der Waals surface area contributed by atoms with Gasteiger partial charge < -0.3 is 10.2 Å². The van der Waals surface area contributed by atoms with Crippen molar-refractivity contribution in [1.29, 1.82) is 0 Å². The topological polar surface area (TPSA) is 74.6 Å². The van der Waals surface area contributed by atoms with Crippen molar-refractivity contribution in [3.63, 3.8) is 0 Å². The fraction of sp³-hybridized carbons (Fsp3) is 0.368. The van der Waals surface area contributed by atoms with Crippen molar-refractivity contribution in [2.75, 3.05) is 0 Å². The minimum Gasteiger partial charge on any atom is -0.384 e. The van der Waals surface area contributed by atoms with E-state index in [0.29, 0.717) is 5.56 Å². The van der Waals surface area contributed by atoms with Crippen LogP contribution in [-0.4, -0.2) is 48.7 Å². The average Bonchev–Trinajstić information content (AvgIpc) is 3.04. The zero-order chi connectivity index (χ0) is 25.4. The van der Waals surface area contributed by atoms with Crippen LogP contribution in [0.1, 0.15) is 17.5 Å². The van der Waals surface area contributed by atoms with E-state index in [1.165, 1.54) is 6.07 Å². The summed E-state index contributed by atoms with van der Waals surface area (Å²) in [5.74, 6) is 0. The molecule has 33 heavy (non-hydrogen) atoms. The molecule has 0 aromatic heterocycles. The molecule has 3 rings (SSSR count). The Hall–Kier alpha value is -2.32. The predicted octanol–water partition coefficient (Wildman–Crippen LogP) is 4.77. The van der Waals surface area contributed by atoms with Crippen LogP contribution in [0.25, 0.3) is 11.1 Å². The molecule has 0 radical (unpaired) electrons. The van der Waals surface area contributed by atoms with Gasteiger partial charge in [0.2, 0.25) is 0 Å². The normalized spacial score (nSPS) is 15.7. The number of alkyl halides is 9. The number of fused-ring (bicyclic) bond motifs is 3. The van der Waals surface area contributed by atoms with Crippen LogP contribution in [0.15, 0.2) is 47.4 Å². The number of aliphatic hydroxyl groups is 2. The Morgan fingerprint density at radius 3 is 1.73 bits per heavy atom. The van der Waals surface area contributed by atoms with Crippen LogP contribution in [0, 0.1) is 0 Å². The standard InChI is InChI=1S/C14H9F3O2S.C5H6F6O2/c15-14(16,17)20(18,19)13-7-3-6-11-10-5-2-1-4-9(10)8-12(11)13;6-4(7,8)2(12)1-3(13)5(9,10)11/h1-7H,8H2;2-3,12-13H,1H2. The summed E-state index contributed by atoms with van der Waals surface area (Å²) < 4.78 is 130. The summed E-state index contributed by atoms with van der Waals surface area (Å²) >= 11 is 0. The van der Waals surface area contributed by atoms with E-state index in [0.717, 1.165) is 17.2 Å². The Morgan fingerprint density at radius 1 is 0.758 bits per heavy atom. The summed E-state index contributed by atoms with van der Waals surface area (Å²) in [4.78, 5) is -0.640. The third-order valence-corrected chi connectivity index (χ3v) is 6.18. The van der Waals surface area contributed by atoms with Crippen molar-refractivity contribution < 1.29 is 58.1 Å². The number of halogens is 9. The van der Waals surface area contributed by atoms with Crippen molar-refractivity contribution >= 4 is 9.84 Å². The summed E-state index contributed by atoms with van der Waals surface area (Å²) in [5, 5.41) is 16.3. The molecule has 1 aliphatic rings. The van der Waals surface area contributed by atoms with Gasteiger partial charge in [0, 0.05) is 6.42 Å². The molecule has 184 valence electrons. The first-order valence-corrected chi connectivity index (χ1v) is 10.4. The summed E-state index contributed by atoms with van der Waals surface area (Å²) in [5.41, 5.74) is -2.86. The number of hydrogen-bond acceptors (Lipinski definition) is 4. The molecule has 2 N–H and O–H groups in total. The molecule has 4 nitrogen and oxygen atoms in total. The van der Waals surface area contributed by atoms with Gasteiger partial charge in [-0.15, -0.1) is 0 Å². The molecule has 2 aromatic carbocycles. The van der Waals surface area contributed by atoms with Crippen LogP contribution in [-0.2, 0) is 16.3 Å². The maximum atomic E-state index is 12.7. The van der Waals surface area contributed by atoms with E-state index in [2.05, 4.69) is 0 Å². The fourth-order valence-corrected chi connectivity index (χ4v) is 4.00. The van der Waals surface area contributed by atoms with Crippen LogP contribution < -0.4 is 0 Å². The third-order valence-electron chi connectivity index (χ3n) is 4.60. The molecular weight excluding hydrogens is 495 g/mol. The molecule has 14 heteroatoms. The molecular formula is C19H15F9O4S. The molecule has 0 spiro atoms. The van der Waals surface area contributed by atoms with Crippen molar-refractivity contribution in [1.82, 2.24) is 0 Å². The lowest BCUT2D eigenvalue weighted by molar-refractivity contribution is -0.244. The van der Waals surface area contributed by atoms with Crippen LogP contribution in [0.4, 0.5) is 39.5 Å². The summed E-state index contributed by atoms with van der Waals surface area (Å²) in [7, 11) is -5.32. The smallest absolute Gasteiger partial charge is 0.384 e. The fourth-order valence-electron chi connectivity index (χ4n) is 2.98. The van der Waals surface area contributed by atoms with Crippen molar-refractivity contribution in [2.24, 2.45) is 0 Å². The van der Waals surface area contributed by atoms with Gasteiger partial charge in [0.1, 0.15) is 0 Å². The van der Waals surface area contributed by atoms with Gasteiger partial charge in [0.05, 0.1) is 4.90 Å². The van der Waals surface area contributed by atoms with Gasteiger partial charge in [0.25, 0.3) is 9.84 Å². The Balaban J connectivity index is 0.000000260. The number of aliphatic hydroxyl groups excluding tert-OH is 2. The monoisotopic (exact) mass is 510 g/mol. The first-order valence-electron chi connectivity index (χ1n) is 8.88.